The molecule has 0 radical (unpaired) electrons. The maximum absolute atomic E-state index is 6.32. The van der Waals surface area contributed by atoms with Crippen molar-refractivity contribution in [1.29, 1.82) is 0 Å². The van der Waals surface area contributed by atoms with Crippen LogP contribution in [0.5, 0.6) is 0 Å². The van der Waals surface area contributed by atoms with E-state index in [0.717, 1.165) is 23.0 Å². The van der Waals surface area contributed by atoms with Crippen LogP contribution in [0.2, 0.25) is 0 Å². The molecule has 3 rings (SSSR count). The Kier molecular flexibility index (Phi) is 3.10. The Hall–Kier alpha value is -2.06. The fraction of sp³-hybridized carbons (Fsp3) is 0.176. The summed E-state index contributed by atoms with van der Waals surface area (Å²) in [7, 11) is 0. The minimum Gasteiger partial charge on any atom is -0.464 e. The van der Waals surface area contributed by atoms with E-state index >= 15 is 0 Å². The third-order valence-corrected chi connectivity index (χ3v) is 3.49. The lowest BCUT2D eigenvalue weighted by Crippen LogP contribution is -2.12. The molecule has 0 saturated carbocycles. The molecule has 0 aliphatic carbocycles. The molecule has 0 amide bonds. The van der Waals surface area contributed by atoms with E-state index in [9.17, 15) is 0 Å². The zero-order valence-corrected chi connectivity index (χ0v) is 11.0. The average Bonchev–Trinajstić information content (AvgIpc) is 2.85. The summed E-state index contributed by atoms with van der Waals surface area (Å²) < 4.78 is 5.55. The molecular weight excluding hydrogens is 234 g/mol. The summed E-state index contributed by atoms with van der Waals surface area (Å²) >= 11 is 0. The van der Waals surface area contributed by atoms with E-state index in [-0.39, 0.29) is 6.04 Å². The summed E-state index contributed by atoms with van der Waals surface area (Å²) in [4.78, 5) is 0. The molecule has 0 saturated heterocycles. The summed E-state index contributed by atoms with van der Waals surface area (Å²) in [5.41, 5.74) is 10.8. The maximum atomic E-state index is 6.32. The van der Waals surface area contributed by atoms with Crippen LogP contribution in [-0.2, 0) is 6.42 Å². The van der Waals surface area contributed by atoms with Crippen LogP contribution in [0, 0.1) is 6.92 Å². The Morgan fingerprint density at radius 2 is 1.79 bits per heavy atom. The standard InChI is InChI=1S/C17H17NO/c1-12-6-8-13(9-7-12)10-16(18)15-11-19-17-5-3-2-4-14(15)17/h2-9,11,16H,10,18H2,1H3. The highest BCUT2D eigenvalue weighted by Crippen LogP contribution is 2.27. The van der Waals surface area contributed by atoms with E-state index in [4.69, 9.17) is 10.2 Å². The van der Waals surface area contributed by atoms with Gasteiger partial charge in [0.1, 0.15) is 5.58 Å². The number of rotatable bonds is 3. The van der Waals surface area contributed by atoms with Crippen molar-refractivity contribution in [3.8, 4) is 0 Å². The monoisotopic (exact) mass is 251 g/mol. The van der Waals surface area contributed by atoms with Gasteiger partial charge >= 0.3 is 0 Å². The molecule has 0 aliphatic rings. The molecule has 96 valence electrons. The lowest BCUT2D eigenvalue weighted by molar-refractivity contribution is 0.599. The van der Waals surface area contributed by atoms with Gasteiger partial charge in [-0.2, -0.15) is 0 Å². The fourth-order valence-electron chi connectivity index (χ4n) is 2.37. The Morgan fingerprint density at radius 1 is 1.05 bits per heavy atom. The molecule has 3 aromatic rings. The molecule has 0 fully saturated rings. The molecule has 1 unspecified atom stereocenters. The first kappa shape index (κ1) is 12.0. The van der Waals surface area contributed by atoms with E-state index in [0.29, 0.717) is 0 Å². The molecule has 0 spiro atoms. The van der Waals surface area contributed by atoms with Gasteiger partial charge in [-0.15, -0.1) is 0 Å². The topological polar surface area (TPSA) is 39.2 Å². The van der Waals surface area contributed by atoms with Gasteiger partial charge in [0.2, 0.25) is 0 Å². The van der Waals surface area contributed by atoms with Crippen molar-refractivity contribution in [3.05, 3.63) is 71.5 Å². The Bertz CT molecular complexity index is 682. The number of nitrogens with two attached hydrogens (primary N) is 1. The first-order chi connectivity index (χ1) is 9.24. The van der Waals surface area contributed by atoms with E-state index in [1.165, 1.54) is 11.1 Å². The van der Waals surface area contributed by atoms with Gasteiger partial charge in [-0.25, -0.2) is 0 Å². The highest BCUT2D eigenvalue weighted by molar-refractivity contribution is 5.81. The Balaban J connectivity index is 1.87. The SMILES string of the molecule is Cc1ccc(CC(N)c2coc3ccccc23)cc1. The highest BCUT2D eigenvalue weighted by atomic mass is 16.3. The molecule has 1 heterocycles. The normalized spacial score (nSPS) is 12.7. The smallest absolute Gasteiger partial charge is 0.134 e. The minimum absolute atomic E-state index is 0.0358. The second kappa shape index (κ2) is 4.90. The van der Waals surface area contributed by atoms with Gasteiger partial charge in [0.15, 0.2) is 0 Å². The zero-order valence-electron chi connectivity index (χ0n) is 11.0. The van der Waals surface area contributed by atoms with E-state index < -0.39 is 0 Å². The second-order valence-electron chi connectivity index (χ2n) is 4.98. The largest absolute Gasteiger partial charge is 0.464 e. The van der Waals surface area contributed by atoms with Crippen molar-refractivity contribution in [2.24, 2.45) is 5.73 Å². The summed E-state index contributed by atoms with van der Waals surface area (Å²) in [5, 5.41) is 1.11. The molecule has 2 nitrogen and oxygen atoms in total. The van der Waals surface area contributed by atoms with Crippen molar-refractivity contribution < 1.29 is 4.42 Å². The molecule has 0 aliphatic heterocycles. The van der Waals surface area contributed by atoms with Crippen LogP contribution >= 0.6 is 0 Å². The summed E-state index contributed by atoms with van der Waals surface area (Å²) in [5.74, 6) is 0. The predicted octanol–water partition coefficient (Wildman–Crippen LogP) is 3.98. The molecule has 0 bridgehead atoms. The van der Waals surface area contributed by atoms with Crippen molar-refractivity contribution in [2.75, 3.05) is 0 Å². The van der Waals surface area contributed by atoms with Crippen LogP contribution in [-0.4, -0.2) is 0 Å². The van der Waals surface area contributed by atoms with Gasteiger partial charge in [0.05, 0.1) is 6.26 Å². The number of hydrogen-bond acceptors (Lipinski definition) is 2. The summed E-state index contributed by atoms with van der Waals surface area (Å²) in [6.45, 7) is 2.09. The van der Waals surface area contributed by atoms with Crippen molar-refractivity contribution in [3.63, 3.8) is 0 Å². The number of aryl methyl sites for hydroxylation is 1. The third kappa shape index (κ3) is 2.40. The number of benzene rings is 2. The molecule has 2 aromatic carbocycles. The molecule has 2 N–H and O–H groups in total. The van der Waals surface area contributed by atoms with Crippen LogP contribution in [0.25, 0.3) is 11.0 Å². The average molecular weight is 251 g/mol. The number of fused-ring (bicyclic) bond motifs is 1. The number of para-hydroxylation sites is 1. The highest BCUT2D eigenvalue weighted by Gasteiger charge is 2.13. The van der Waals surface area contributed by atoms with Gasteiger partial charge in [-0.3, -0.25) is 0 Å². The quantitative estimate of drug-likeness (QED) is 0.764. The first-order valence-corrected chi connectivity index (χ1v) is 6.51. The predicted molar refractivity (Wildman–Crippen MR) is 78.0 cm³/mol. The Labute approximate surface area is 112 Å². The van der Waals surface area contributed by atoms with Gasteiger partial charge < -0.3 is 10.2 Å². The van der Waals surface area contributed by atoms with Gasteiger partial charge in [0.25, 0.3) is 0 Å². The zero-order chi connectivity index (χ0) is 13.2. The van der Waals surface area contributed by atoms with Crippen LogP contribution < -0.4 is 5.73 Å². The summed E-state index contributed by atoms with van der Waals surface area (Å²) in [6, 6.07) is 16.5. The minimum atomic E-state index is -0.0358. The molecule has 2 heteroatoms. The molecule has 1 aromatic heterocycles. The van der Waals surface area contributed by atoms with Crippen molar-refractivity contribution >= 4 is 11.0 Å². The van der Waals surface area contributed by atoms with Crippen LogP contribution in [0.15, 0.2) is 59.2 Å². The lowest BCUT2D eigenvalue weighted by Gasteiger charge is -2.10. The maximum Gasteiger partial charge on any atom is 0.134 e. The summed E-state index contributed by atoms with van der Waals surface area (Å²) in [6.07, 6.45) is 2.60. The van der Waals surface area contributed by atoms with Crippen LogP contribution in [0.1, 0.15) is 22.7 Å². The van der Waals surface area contributed by atoms with Crippen molar-refractivity contribution in [2.45, 2.75) is 19.4 Å². The van der Waals surface area contributed by atoms with Gasteiger partial charge in [-0.05, 0) is 25.0 Å². The lowest BCUT2D eigenvalue weighted by atomic mass is 9.99. The van der Waals surface area contributed by atoms with Crippen molar-refractivity contribution in [1.82, 2.24) is 0 Å². The molecule has 19 heavy (non-hydrogen) atoms. The Morgan fingerprint density at radius 3 is 2.58 bits per heavy atom. The van der Waals surface area contributed by atoms with Crippen LogP contribution in [0.4, 0.5) is 0 Å². The van der Waals surface area contributed by atoms with Gasteiger partial charge in [-0.1, -0.05) is 48.0 Å². The van der Waals surface area contributed by atoms with Gasteiger partial charge in [0, 0.05) is 17.0 Å². The van der Waals surface area contributed by atoms with E-state index in [2.05, 4.69) is 37.3 Å². The number of furan rings is 1. The van der Waals surface area contributed by atoms with Crippen LogP contribution in [0.3, 0.4) is 0 Å². The molecular formula is C17H17NO. The first-order valence-electron chi connectivity index (χ1n) is 6.51. The second-order valence-corrected chi connectivity index (χ2v) is 4.98. The number of hydrogen-bond donors (Lipinski definition) is 1. The fourth-order valence-corrected chi connectivity index (χ4v) is 2.37. The molecule has 1 atom stereocenters. The van der Waals surface area contributed by atoms with E-state index in [1.807, 2.05) is 18.2 Å². The van der Waals surface area contributed by atoms with E-state index in [1.54, 1.807) is 6.26 Å². The third-order valence-electron chi connectivity index (χ3n) is 3.49.